The minimum Gasteiger partial charge on any atom is -0.390 e. The monoisotopic (exact) mass is 130 g/mol. The van der Waals surface area contributed by atoms with Crippen molar-refractivity contribution in [2.24, 2.45) is 0 Å². The average Bonchev–Trinajstić information content (AvgIpc) is 2.15. The Morgan fingerprint density at radius 2 is 2.44 bits per heavy atom. The van der Waals surface area contributed by atoms with E-state index < -0.39 is 5.82 Å². The van der Waals surface area contributed by atoms with Gasteiger partial charge in [-0.15, -0.1) is 0 Å². The largest absolute Gasteiger partial charge is 0.390 e. The summed E-state index contributed by atoms with van der Waals surface area (Å²) in [4.78, 5) is 0. The van der Waals surface area contributed by atoms with Crippen LogP contribution in [-0.4, -0.2) is 15.3 Å². The fourth-order valence-corrected chi connectivity index (χ4v) is 0.571. The first kappa shape index (κ1) is 6.22. The van der Waals surface area contributed by atoms with Gasteiger partial charge < -0.3 is 5.11 Å². The minimum atomic E-state index is -0.447. The van der Waals surface area contributed by atoms with E-state index in [9.17, 15) is 4.39 Å². The van der Waals surface area contributed by atoms with Gasteiger partial charge in [-0.1, -0.05) is 0 Å². The molecule has 1 aromatic rings. The van der Waals surface area contributed by atoms with Crippen LogP contribution in [0.15, 0.2) is 0 Å². The Kier molecular flexibility index (Phi) is 1.48. The topological polar surface area (TPSA) is 48.9 Å². The number of hydrogen-bond acceptors (Lipinski definition) is 2. The highest BCUT2D eigenvalue weighted by Crippen LogP contribution is 2.05. The van der Waals surface area contributed by atoms with Gasteiger partial charge in [0, 0.05) is 0 Å². The third kappa shape index (κ3) is 0.929. The first-order valence-corrected chi connectivity index (χ1v) is 2.56. The maximum absolute atomic E-state index is 12.5. The predicted molar refractivity (Wildman–Crippen MR) is 29.2 cm³/mol. The molecule has 0 saturated carbocycles. The van der Waals surface area contributed by atoms with Crippen molar-refractivity contribution in [2.45, 2.75) is 13.5 Å². The van der Waals surface area contributed by atoms with Crippen molar-refractivity contribution < 1.29 is 9.50 Å². The molecule has 0 radical (unpaired) electrons. The van der Waals surface area contributed by atoms with Crippen LogP contribution >= 0.6 is 0 Å². The highest BCUT2D eigenvalue weighted by Gasteiger charge is 2.06. The summed E-state index contributed by atoms with van der Waals surface area (Å²) in [6, 6.07) is 0. The van der Waals surface area contributed by atoms with Crippen LogP contribution in [0, 0.1) is 12.7 Å². The number of hydrogen-bond donors (Lipinski definition) is 2. The van der Waals surface area contributed by atoms with Gasteiger partial charge in [0.1, 0.15) is 5.69 Å². The molecule has 1 rings (SSSR count). The van der Waals surface area contributed by atoms with E-state index in [0.29, 0.717) is 5.69 Å². The van der Waals surface area contributed by atoms with Crippen molar-refractivity contribution in [3.05, 3.63) is 17.2 Å². The van der Waals surface area contributed by atoms with Crippen LogP contribution in [0.3, 0.4) is 0 Å². The van der Waals surface area contributed by atoms with Crippen LogP contribution in [0.1, 0.15) is 11.4 Å². The number of rotatable bonds is 1. The molecule has 2 N–H and O–H groups in total. The molecule has 1 aromatic heterocycles. The van der Waals surface area contributed by atoms with E-state index in [1.807, 2.05) is 0 Å². The smallest absolute Gasteiger partial charge is 0.169 e. The van der Waals surface area contributed by atoms with Gasteiger partial charge in [-0.2, -0.15) is 5.10 Å². The van der Waals surface area contributed by atoms with E-state index in [-0.39, 0.29) is 12.3 Å². The molecule has 0 aromatic carbocycles. The SMILES string of the molecule is Cc1[nH]nc(CO)c1F. The van der Waals surface area contributed by atoms with E-state index >= 15 is 0 Å². The van der Waals surface area contributed by atoms with Crippen molar-refractivity contribution in [3.63, 3.8) is 0 Å². The Hall–Kier alpha value is -0.900. The van der Waals surface area contributed by atoms with E-state index in [1.165, 1.54) is 0 Å². The third-order valence-electron chi connectivity index (χ3n) is 1.09. The Labute approximate surface area is 51.5 Å². The lowest BCUT2D eigenvalue weighted by Crippen LogP contribution is -1.85. The fourth-order valence-electron chi connectivity index (χ4n) is 0.571. The van der Waals surface area contributed by atoms with Gasteiger partial charge >= 0.3 is 0 Å². The van der Waals surface area contributed by atoms with Crippen LogP contribution in [0.2, 0.25) is 0 Å². The second-order valence-electron chi connectivity index (χ2n) is 1.77. The number of halogens is 1. The van der Waals surface area contributed by atoms with Crippen LogP contribution < -0.4 is 0 Å². The van der Waals surface area contributed by atoms with E-state index in [4.69, 9.17) is 5.11 Å². The summed E-state index contributed by atoms with van der Waals surface area (Å²) in [7, 11) is 0. The standard InChI is InChI=1S/C5H7FN2O/c1-3-5(6)4(2-9)8-7-3/h9H,2H2,1H3,(H,7,8). The van der Waals surface area contributed by atoms with Crippen LogP contribution in [0.5, 0.6) is 0 Å². The first-order chi connectivity index (χ1) is 4.25. The van der Waals surface area contributed by atoms with E-state index in [1.54, 1.807) is 6.92 Å². The molecule has 0 fully saturated rings. The summed E-state index contributed by atoms with van der Waals surface area (Å²) < 4.78 is 12.5. The van der Waals surface area contributed by atoms with Crippen molar-refractivity contribution in [1.82, 2.24) is 10.2 Å². The molecule has 50 valence electrons. The number of nitrogens with zero attached hydrogens (tertiary/aromatic N) is 1. The number of nitrogens with one attached hydrogen (secondary N) is 1. The molecular formula is C5H7FN2O. The number of aromatic nitrogens is 2. The summed E-state index contributed by atoms with van der Waals surface area (Å²) in [5, 5.41) is 14.3. The first-order valence-electron chi connectivity index (χ1n) is 2.56. The highest BCUT2D eigenvalue weighted by atomic mass is 19.1. The zero-order valence-electron chi connectivity index (χ0n) is 4.98. The zero-order chi connectivity index (χ0) is 6.85. The number of aliphatic hydroxyl groups is 1. The van der Waals surface area contributed by atoms with Gasteiger partial charge in [0.25, 0.3) is 0 Å². The molecule has 0 saturated heterocycles. The Balaban J connectivity index is 3.04. The Morgan fingerprint density at radius 3 is 2.67 bits per heavy atom. The number of aliphatic hydroxyl groups excluding tert-OH is 1. The molecule has 0 aliphatic heterocycles. The average molecular weight is 130 g/mol. The number of aromatic amines is 1. The second-order valence-corrected chi connectivity index (χ2v) is 1.77. The Bertz CT molecular complexity index is 209. The van der Waals surface area contributed by atoms with Crippen LogP contribution in [0.25, 0.3) is 0 Å². The molecule has 3 nitrogen and oxygen atoms in total. The summed E-state index contributed by atoms with van der Waals surface area (Å²) >= 11 is 0. The summed E-state index contributed by atoms with van der Waals surface area (Å²) in [6.07, 6.45) is 0. The van der Waals surface area contributed by atoms with Gasteiger partial charge in [-0.05, 0) is 6.92 Å². The second kappa shape index (κ2) is 2.14. The molecule has 1 heterocycles. The number of H-pyrrole nitrogens is 1. The predicted octanol–water partition coefficient (Wildman–Crippen LogP) is 0.350. The van der Waals surface area contributed by atoms with Crippen molar-refractivity contribution >= 4 is 0 Å². The lowest BCUT2D eigenvalue weighted by molar-refractivity contribution is 0.270. The van der Waals surface area contributed by atoms with Crippen LogP contribution in [-0.2, 0) is 6.61 Å². The van der Waals surface area contributed by atoms with Gasteiger partial charge in [0.05, 0.1) is 12.3 Å². The molecule has 9 heavy (non-hydrogen) atoms. The Morgan fingerprint density at radius 1 is 1.78 bits per heavy atom. The molecule has 0 aliphatic carbocycles. The summed E-state index contributed by atoms with van der Waals surface area (Å²) in [5.41, 5.74) is 0.437. The highest BCUT2D eigenvalue weighted by molar-refractivity contribution is 5.09. The zero-order valence-corrected chi connectivity index (χ0v) is 4.98. The third-order valence-corrected chi connectivity index (χ3v) is 1.09. The lowest BCUT2D eigenvalue weighted by atomic mass is 10.4. The van der Waals surface area contributed by atoms with E-state index in [0.717, 1.165) is 0 Å². The van der Waals surface area contributed by atoms with E-state index in [2.05, 4.69) is 10.2 Å². The van der Waals surface area contributed by atoms with Crippen LogP contribution in [0.4, 0.5) is 4.39 Å². The molecule has 0 spiro atoms. The fraction of sp³-hybridized carbons (Fsp3) is 0.400. The summed E-state index contributed by atoms with van der Waals surface area (Å²) in [5.74, 6) is -0.447. The maximum Gasteiger partial charge on any atom is 0.169 e. The molecule has 0 unspecified atom stereocenters. The van der Waals surface area contributed by atoms with Gasteiger partial charge in [0.15, 0.2) is 5.82 Å². The van der Waals surface area contributed by atoms with Gasteiger partial charge in [-0.25, -0.2) is 4.39 Å². The molecule has 0 amide bonds. The number of aryl methyl sites for hydroxylation is 1. The minimum absolute atomic E-state index is 0.0764. The lowest BCUT2D eigenvalue weighted by Gasteiger charge is -1.83. The van der Waals surface area contributed by atoms with Crippen molar-refractivity contribution in [2.75, 3.05) is 0 Å². The molecule has 0 aliphatic rings. The molecule has 0 atom stereocenters. The molecule has 0 bridgehead atoms. The van der Waals surface area contributed by atoms with Crippen molar-refractivity contribution in [1.29, 1.82) is 0 Å². The normalized spacial score (nSPS) is 10.1. The molecule has 4 heteroatoms. The summed E-state index contributed by atoms with van der Waals surface area (Å²) in [6.45, 7) is 1.21. The van der Waals surface area contributed by atoms with Gasteiger partial charge in [0.2, 0.25) is 0 Å². The van der Waals surface area contributed by atoms with Gasteiger partial charge in [-0.3, -0.25) is 5.10 Å². The quantitative estimate of drug-likeness (QED) is 0.576. The maximum atomic E-state index is 12.5. The van der Waals surface area contributed by atoms with Crippen molar-refractivity contribution in [3.8, 4) is 0 Å². The molecular weight excluding hydrogens is 123 g/mol.